The van der Waals surface area contributed by atoms with Crippen molar-refractivity contribution in [2.24, 2.45) is 23.4 Å². The Morgan fingerprint density at radius 2 is 2.03 bits per heavy atom. The van der Waals surface area contributed by atoms with Crippen LogP contribution in [-0.4, -0.2) is 47.6 Å². The van der Waals surface area contributed by atoms with Gasteiger partial charge >= 0.3 is 0 Å². The topological polar surface area (TPSA) is 63.5 Å². The summed E-state index contributed by atoms with van der Waals surface area (Å²) in [5, 5.41) is 11.5. The average Bonchev–Trinajstić information content (AvgIpc) is 2.85. The van der Waals surface area contributed by atoms with Gasteiger partial charge in [-0.05, 0) is 57.9 Å². The maximum atomic E-state index is 6.12. The van der Waals surface area contributed by atoms with E-state index in [0.29, 0.717) is 5.92 Å². The number of hydrogen-bond acceptors (Lipinski definition) is 3. The smallest absolute Gasteiger partial charge is 0.191 e. The summed E-state index contributed by atoms with van der Waals surface area (Å²) in [6.45, 7) is 17.9. The second-order valence-electron chi connectivity index (χ2n) is 9.30. The summed E-state index contributed by atoms with van der Waals surface area (Å²) < 4.78 is 8.08. The Bertz CT molecular complexity index is 665. The zero-order chi connectivity index (χ0) is 20.9. The molecule has 3 atom stereocenters. The normalized spacial score (nSPS) is 21.4. The average molecular weight is 520 g/mol. The maximum absolute atomic E-state index is 6.12. The molecule has 1 aromatic rings. The zero-order valence-corrected chi connectivity index (χ0v) is 22.0. The van der Waals surface area contributed by atoms with Crippen LogP contribution in [-0.2, 0) is 18.2 Å². The van der Waals surface area contributed by atoms with Crippen molar-refractivity contribution in [3.8, 4) is 0 Å². The predicted octanol–water partition coefficient (Wildman–Crippen LogP) is 3.98. The number of nitrogens with one attached hydrogen (secondary N) is 2. The molecule has 6 nitrogen and oxygen atoms in total. The van der Waals surface area contributed by atoms with Gasteiger partial charge in [-0.25, -0.2) is 0 Å². The molecule has 0 spiro atoms. The van der Waals surface area contributed by atoms with E-state index in [0.717, 1.165) is 44.2 Å². The Morgan fingerprint density at radius 1 is 1.34 bits per heavy atom. The van der Waals surface area contributed by atoms with Crippen molar-refractivity contribution >= 4 is 29.9 Å². The molecule has 0 radical (unpaired) electrons. The van der Waals surface area contributed by atoms with E-state index >= 15 is 0 Å². The van der Waals surface area contributed by atoms with E-state index in [1.165, 1.54) is 17.7 Å². The largest absolute Gasteiger partial charge is 0.377 e. The van der Waals surface area contributed by atoms with Crippen LogP contribution in [0.2, 0.25) is 0 Å². The van der Waals surface area contributed by atoms with Crippen LogP contribution in [0.1, 0.15) is 64.4 Å². The minimum atomic E-state index is 0. The van der Waals surface area contributed by atoms with Gasteiger partial charge in [0.1, 0.15) is 0 Å². The van der Waals surface area contributed by atoms with Gasteiger partial charge in [0.25, 0.3) is 0 Å². The zero-order valence-electron chi connectivity index (χ0n) is 19.6. The van der Waals surface area contributed by atoms with Gasteiger partial charge in [0.05, 0.1) is 11.8 Å². The number of aliphatic imine (C=N–C) groups is 1. The summed E-state index contributed by atoms with van der Waals surface area (Å²) in [5.41, 5.74) is 3.82. The van der Waals surface area contributed by atoms with Crippen LogP contribution in [0.25, 0.3) is 0 Å². The van der Waals surface area contributed by atoms with Crippen molar-refractivity contribution in [1.29, 1.82) is 0 Å². The molecule has 1 fully saturated rings. The Balaban J connectivity index is 0.00000420. The molecule has 0 saturated carbocycles. The molecule has 168 valence electrons. The quantitative estimate of drug-likeness (QED) is 0.339. The van der Waals surface area contributed by atoms with Gasteiger partial charge in [-0.15, -0.1) is 24.0 Å². The molecule has 1 aliphatic rings. The van der Waals surface area contributed by atoms with Crippen molar-refractivity contribution in [1.82, 2.24) is 20.4 Å². The van der Waals surface area contributed by atoms with E-state index in [-0.39, 0.29) is 41.5 Å². The number of halogens is 1. The molecule has 1 aliphatic heterocycles. The number of nitrogens with zero attached hydrogens (tertiary/aromatic N) is 3. The molecule has 2 heterocycles. The van der Waals surface area contributed by atoms with E-state index in [2.05, 4.69) is 64.2 Å². The molecule has 7 heteroatoms. The molecule has 1 aromatic heterocycles. The maximum Gasteiger partial charge on any atom is 0.191 e. The van der Waals surface area contributed by atoms with Crippen molar-refractivity contribution in [3.63, 3.8) is 0 Å². The van der Waals surface area contributed by atoms with Crippen LogP contribution >= 0.6 is 24.0 Å². The summed E-state index contributed by atoms with van der Waals surface area (Å²) in [5.74, 6) is 1.37. The third-order valence-corrected chi connectivity index (χ3v) is 5.68. The summed E-state index contributed by atoms with van der Waals surface area (Å²) in [6, 6.07) is 0.278. The van der Waals surface area contributed by atoms with Gasteiger partial charge in [-0.1, -0.05) is 20.8 Å². The van der Waals surface area contributed by atoms with Crippen molar-refractivity contribution in [2.75, 3.05) is 19.7 Å². The standard InChI is InChI=1S/C22H41N5O.HI/c1-9-23-21(24-14-18-11-10-12-28-20(18)22(5,6)7)25-15(2)13-19-16(3)26-27(8)17(19)4;/h15,18,20H,9-14H2,1-8H3,(H2,23,24,25);1H. The van der Waals surface area contributed by atoms with E-state index in [1.807, 2.05) is 11.7 Å². The van der Waals surface area contributed by atoms with Gasteiger partial charge < -0.3 is 15.4 Å². The van der Waals surface area contributed by atoms with E-state index in [4.69, 9.17) is 9.73 Å². The fraction of sp³-hybridized carbons (Fsp3) is 0.818. The van der Waals surface area contributed by atoms with Crippen LogP contribution in [0.3, 0.4) is 0 Å². The first-order chi connectivity index (χ1) is 13.1. The van der Waals surface area contributed by atoms with Gasteiger partial charge in [0.2, 0.25) is 0 Å². The van der Waals surface area contributed by atoms with Crippen LogP contribution in [0.4, 0.5) is 0 Å². The van der Waals surface area contributed by atoms with Gasteiger partial charge in [-0.3, -0.25) is 9.67 Å². The highest BCUT2D eigenvalue weighted by Crippen LogP contribution is 2.34. The molecule has 1 saturated heterocycles. The number of aryl methyl sites for hydroxylation is 2. The monoisotopic (exact) mass is 519 g/mol. The predicted molar refractivity (Wildman–Crippen MR) is 132 cm³/mol. The molecule has 0 aliphatic carbocycles. The Hall–Kier alpha value is -0.830. The highest BCUT2D eigenvalue weighted by atomic mass is 127. The first-order valence-corrected chi connectivity index (χ1v) is 10.8. The van der Waals surface area contributed by atoms with Gasteiger partial charge in [0.15, 0.2) is 5.96 Å². The molecular weight excluding hydrogens is 477 g/mol. The second-order valence-corrected chi connectivity index (χ2v) is 9.30. The van der Waals surface area contributed by atoms with Crippen molar-refractivity contribution < 1.29 is 4.74 Å². The Morgan fingerprint density at radius 3 is 2.59 bits per heavy atom. The van der Waals surface area contributed by atoms with Gasteiger partial charge in [-0.2, -0.15) is 5.10 Å². The van der Waals surface area contributed by atoms with Crippen LogP contribution in [0.5, 0.6) is 0 Å². The van der Waals surface area contributed by atoms with Crippen molar-refractivity contribution in [2.45, 2.75) is 79.9 Å². The summed E-state index contributed by atoms with van der Waals surface area (Å²) in [4.78, 5) is 4.93. The molecule has 2 N–H and O–H groups in total. The first kappa shape index (κ1) is 26.2. The molecular formula is C22H42IN5O. The van der Waals surface area contributed by atoms with Crippen LogP contribution < -0.4 is 10.6 Å². The third-order valence-electron chi connectivity index (χ3n) is 5.68. The number of rotatable bonds is 6. The lowest BCUT2D eigenvalue weighted by molar-refractivity contribution is -0.0823. The summed E-state index contributed by atoms with van der Waals surface area (Å²) in [6.07, 6.45) is 3.53. The molecule has 0 aromatic carbocycles. The van der Waals surface area contributed by atoms with Crippen molar-refractivity contribution in [3.05, 3.63) is 17.0 Å². The van der Waals surface area contributed by atoms with Crippen LogP contribution in [0, 0.1) is 25.2 Å². The number of guanidine groups is 1. The van der Waals surface area contributed by atoms with E-state index in [1.54, 1.807) is 0 Å². The van der Waals surface area contributed by atoms with Gasteiger partial charge in [0, 0.05) is 44.4 Å². The summed E-state index contributed by atoms with van der Waals surface area (Å²) >= 11 is 0. The first-order valence-electron chi connectivity index (χ1n) is 10.8. The van der Waals surface area contributed by atoms with E-state index < -0.39 is 0 Å². The molecule has 0 bridgehead atoms. The fourth-order valence-electron chi connectivity index (χ4n) is 4.22. The SMILES string of the molecule is CCNC(=NCC1CCCOC1C(C)(C)C)NC(C)Cc1c(C)nn(C)c1C.I. The van der Waals surface area contributed by atoms with Crippen LogP contribution in [0.15, 0.2) is 4.99 Å². The minimum Gasteiger partial charge on any atom is -0.377 e. The number of ether oxygens (including phenoxy) is 1. The lowest BCUT2D eigenvalue weighted by atomic mass is 9.78. The third kappa shape index (κ3) is 7.42. The highest BCUT2D eigenvalue weighted by Gasteiger charge is 2.35. The lowest BCUT2D eigenvalue weighted by Gasteiger charge is -2.39. The molecule has 2 rings (SSSR count). The lowest BCUT2D eigenvalue weighted by Crippen LogP contribution is -2.45. The molecule has 3 unspecified atom stereocenters. The molecule has 0 amide bonds. The number of aromatic nitrogens is 2. The highest BCUT2D eigenvalue weighted by molar-refractivity contribution is 14.0. The Labute approximate surface area is 194 Å². The number of hydrogen-bond donors (Lipinski definition) is 2. The minimum absolute atomic E-state index is 0. The van der Waals surface area contributed by atoms with E-state index in [9.17, 15) is 0 Å². The fourth-order valence-corrected chi connectivity index (χ4v) is 4.22. The second kappa shape index (κ2) is 11.5. The summed E-state index contributed by atoms with van der Waals surface area (Å²) in [7, 11) is 2.01. The Kier molecular flexibility index (Phi) is 10.4. The molecule has 29 heavy (non-hydrogen) atoms.